The third kappa shape index (κ3) is 5.00. The summed E-state index contributed by atoms with van der Waals surface area (Å²) < 4.78 is 7.90. The summed E-state index contributed by atoms with van der Waals surface area (Å²) in [5.41, 5.74) is 3.18. The highest BCUT2D eigenvalue weighted by atomic mass is 79.9. The number of ether oxygens (including phenoxy) is 1. The molecule has 0 radical (unpaired) electrons. The number of benzene rings is 2. The Balaban J connectivity index is 1.77. The van der Waals surface area contributed by atoms with E-state index in [1.165, 1.54) is 0 Å². The van der Waals surface area contributed by atoms with Crippen LogP contribution in [0.2, 0.25) is 0 Å². The number of rotatable bonds is 5. The number of halogens is 1. The van der Waals surface area contributed by atoms with Crippen LogP contribution in [-0.2, 0) is 4.79 Å². The zero-order valence-electron chi connectivity index (χ0n) is 18.5. The molecule has 0 aliphatic carbocycles. The number of hydrogen-bond donors (Lipinski definition) is 0. The predicted molar refractivity (Wildman–Crippen MR) is 131 cm³/mol. The summed E-state index contributed by atoms with van der Waals surface area (Å²) in [6, 6.07) is 17.5. The van der Waals surface area contributed by atoms with Crippen LogP contribution in [-0.4, -0.2) is 65.8 Å². The van der Waals surface area contributed by atoms with E-state index < -0.39 is 0 Å². The van der Waals surface area contributed by atoms with Crippen molar-refractivity contribution in [3.63, 3.8) is 0 Å². The third-order valence-corrected chi connectivity index (χ3v) is 6.25. The van der Waals surface area contributed by atoms with Crippen LogP contribution in [0.25, 0.3) is 23.0 Å². The predicted octanol–water partition coefficient (Wildman–Crippen LogP) is 3.99. The molecular weight excluding hydrogens is 482 g/mol. The van der Waals surface area contributed by atoms with E-state index >= 15 is 0 Å². The minimum atomic E-state index is -0.250. The van der Waals surface area contributed by atoms with Crippen LogP contribution >= 0.6 is 15.9 Å². The SMILES string of the molecule is COc1ccc(-c2nn(-c3ccccc3)cc2/C=C(\C#N)C(=O)N2CCN(C)CC2)cc1Br. The number of methoxy groups -OCH3 is 1. The minimum Gasteiger partial charge on any atom is -0.496 e. The lowest BCUT2D eigenvalue weighted by atomic mass is 10.1. The Kier molecular flexibility index (Phi) is 6.92. The molecule has 3 aromatic rings. The topological polar surface area (TPSA) is 74.4 Å². The van der Waals surface area contributed by atoms with Crippen molar-refractivity contribution >= 4 is 27.9 Å². The maximum Gasteiger partial charge on any atom is 0.264 e. The zero-order valence-corrected chi connectivity index (χ0v) is 20.1. The van der Waals surface area contributed by atoms with E-state index in [2.05, 4.69) is 26.9 Å². The van der Waals surface area contributed by atoms with Crippen LogP contribution in [0.5, 0.6) is 5.75 Å². The van der Waals surface area contributed by atoms with E-state index in [0.717, 1.165) is 28.8 Å². The van der Waals surface area contributed by atoms with E-state index in [1.807, 2.05) is 61.8 Å². The molecule has 4 rings (SSSR count). The van der Waals surface area contributed by atoms with Crippen LogP contribution in [0.3, 0.4) is 0 Å². The number of carbonyl (C=O) groups excluding carboxylic acids is 1. The fraction of sp³-hybridized carbons (Fsp3) is 0.240. The first-order valence-corrected chi connectivity index (χ1v) is 11.4. The fourth-order valence-electron chi connectivity index (χ4n) is 3.72. The van der Waals surface area contributed by atoms with Crippen molar-refractivity contribution in [3.05, 3.63) is 70.3 Å². The molecule has 168 valence electrons. The summed E-state index contributed by atoms with van der Waals surface area (Å²) in [5.74, 6) is 0.459. The number of carbonyl (C=O) groups is 1. The highest BCUT2D eigenvalue weighted by molar-refractivity contribution is 9.10. The van der Waals surface area contributed by atoms with Crippen LogP contribution in [0, 0.1) is 11.3 Å². The van der Waals surface area contributed by atoms with Crippen LogP contribution < -0.4 is 4.74 Å². The lowest BCUT2D eigenvalue weighted by Gasteiger charge is -2.32. The number of nitrogens with zero attached hydrogens (tertiary/aromatic N) is 5. The van der Waals surface area contributed by atoms with Gasteiger partial charge in [0, 0.05) is 43.5 Å². The molecule has 0 spiro atoms. The molecule has 1 saturated heterocycles. The van der Waals surface area contributed by atoms with Gasteiger partial charge in [0.1, 0.15) is 23.1 Å². The van der Waals surface area contributed by atoms with Gasteiger partial charge in [0.25, 0.3) is 5.91 Å². The Morgan fingerprint density at radius 1 is 1.15 bits per heavy atom. The highest BCUT2D eigenvalue weighted by Gasteiger charge is 2.23. The second-order valence-electron chi connectivity index (χ2n) is 7.83. The smallest absolute Gasteiger partial charge is 0.264 e. The van der Waals surface area contributed by atoms with E-state index in [-0.39, 0.29) is 11.5 Å². The van der Waals surface area contributed by atoms with Crippen molar-refractivity contribution in [3.8, 4) is 28.8 Å². The molecule has 7 nitrogen and oxygen atoms in total. The van der Waals surface area contributed by atoms with E-state index in [4.69, 9.17) is 9.84 Å². The molecule has 2 aromatic carbocycles. The first-order chi connectivity index (χ1) is 16.0. The van der Waals surface area contributed by atoms with E-state index in [9.17, 15) is 10.1 Å². The Bertz CT molecular complexity index is 1220. The van der Waals surface area contributed by atoms with Gasteiger partial charge in [0.05, 0.1) is 17.3 Å². The van der Waals surface area contributed by atoms with Crippen LogP contribution in [0.4, 0.5) is 0 Å². The Morgan fingerprint density at radius 2 is 1.88 bits per heavy atom. The number of para-hydroxylation sites is 1. The monoisotopic (exact) mass is 505 g/mol. The minimum absolute atomic E-state index is 0.0981. The molecule has 1 fully saturated rings. The van der Waals surface area contributed by atoms with Gasteiger partial charge in [0.15, 0.2) is 0 Å². The molecule has 1 amide bonds. The second kappa shape index (κ2) is 10.0. The largest absolute Gasteiger partial charge is 0.496 e. The van der Waals surface area contributed by atoms with Gasteiger partial charge < -0.3 is 14.5 Å². The maximum absolute atomic E-state index is 13.1. The number of likely N-dealkylation sites (N-methyl/N-ethyl adjacent to an activating group) is 1. The number of hydrogen-bond acceptors (Lipinski definition) is 5. The third-order valence-electron chi connectivity index (χ3n) is 5.63. The van der Waals surface area contributed by atoms with Gasteiger partial charge >= 0.3 is 0 Å². The Labute approximate surface area is 201 Å². The van der Waals surface area contributed by atoms with Crippen molar-refractivity contribution in [2.24, 2.45) is 0 Å². The second-order valence-corrected chi connectivity index (χ2v) is 8.68. The molecule has 0 bridgehead atoms. The summed E-state index contributed by atoms with van der Waals surface area (Å²) in [7, 11) is 3.64. The summed E-state index contributed by atoms with van der Waals surface area (Å²) >= 11 is 3.53. The normalized spacial score (nSPS) is 14.7. The molecule has 1 aromatic heterocycles. The molecule has 0 N–H and O–H groups in total. The lowest BCUT2D eigenvalue weighted by Crippen LogP contribution is -2.47. The number of aromatic nitrogens is 2. The summed E-state index contributed by atoms with van der Waals surface area (Å²) in [4.78, 5) is 17.0. The van der Waals surface area contributed by atoms with Crippen LogP contribution in [0.1, 0.15) is 5.56 Å². The lowest BCUT2D eigenvalue weighted by molar-refractivity contribution is -0.128. The molecule has 0 unspecified atom stereocenters. The number of amides is 1. The average Bonchev–Trinajstić information content (AvgIpc) is 3.27. The fourth-order valence-corrected chi connectivity index (χ4v) is 4.26. The first kappa shape index (κ1) is 22.8. The van der Waals surface area contributed by atoms with E-state index in [1.54, 1.807) is 22.8 Å². The van der Waals surface area contributed by atoms with Crippen molar-refractivity contribution in [1.82, 2.24) is 19.6 Å². The molecular formula is C25H24BrN5O2. The zero-order chi connectivity index (χ0) is 23.4. The van der Waals surface area contributed by atoms with Crippen molar-refractivity contribution < 1.29 is 9.53 Å². The first-order valence-electron chi connectivity index (χ1n) is 10.6. The van der Waals surface area contributed by atoms with Crippen molar-refractivity contribution in [2.45, 2.75) is 0 Å². The molecule has 2 heterocycles. The van der Waals surface area contributed by atoms with Crippen molar-refractivity contribution in [1.29, 1.82) is 5.26 Å². The summed E-state index contributed by atoms with van der Waals surface area (Å²) in [6.07, 6.45) is 3.48. The standard InChI is InChI=1S/C25H24BrN5O2/c1-29-10-12-30(13-11-29)25(32)19(16-27)14-20-17-31(21-6-4-3-5-7-21)28-24(20)18-8-9-23(33-2)22(26)15-18/h3-9,14-15,17H,10-13H2,1-2H3/b19-14+. The van der Waals surface area contributed by atoms with Crippen LogP contribution in [0.15, 0.2) is 64.8 Å². The molecule has 1 aliphatic rings. The molecule has 1 aliphatic heterocycles. The van der Waals surface area contributed by atoms with Crippen molar-refractivity contribution in [2.75, 3.05) is 40.3 Å². The van der Waals surface area contributed by atoms with Gasteiger partial charge in [-0.1, -0.05) is 18.2 Å². The van der Waals surface area contributed by atoms with Gasteiger partial charge in [0.2, 0.25) is 0 Å². The van der Waals surface area contributed by atoms with E-state index in [0.29, 0.717) is 30.1 Å². The molecule has 33 heavy (non-hydrogen) atoms. The maximum atomic E-state index is 13.1. The van der Waals surface area contributed by atoms with Gasteiger partial charge in [-0.25, -0.2) is 4.68 Å². The Hall–Kier alpha value is -3.41. The quantitative estimate of drug-likeness (QED) is 0.387. The van der Waals surface area contributed by atoms with Gasteiger partial charge in [-0.3, -0.25) is 4.79 Å². The highest BCUT2D eigenvalue weighted by Crippen LogP contribution is 2.32. The Morgan fingerprint density at radius 3 is 2.52 bits per heavy atom. The summed E-state index contributed by atoms with van der Waals surface area (Å²) in [6.45, 7) is 2.80. The molecule has 0 atom stereocenters. The van der Waals surface area contributed by atoms with Gasteiger partial charge in [-0.05, 0) is 59.4 Å². The average molecular weight is 506 g/mol. The van der Waals surface area contributed by atoms with Gasteiger partial charge in [-0.15, -0.1) is 0 Å². The molecule has 8 heteroatoms. The number of piperazine rings is 1. The van der Waals surface area contributed by atoms with Gasteiger partial charge in [-0.2, -0.15) is 10.4 Å². The summed E-state index contributed by atoms with van der Waals surface area (Å²) in [5, 5.41) is 14.6. The molecule has 0 saturated carbocycles. The number of nitriles is 1.